The van der Waals surface area contributed by atoms with Crippen LogP contribution in [-0.4, -0.2) is 42.5 Å². The van der Waals surface area contributed by atoms with E-state index in [-0.39, 0.29) is 6.10 Å². The van der Waals surface area contributed by atoms with Gasteiger partial charge in [-0.2, -0.15) is 0 Å². The molecule has 4 rings (SSSR count). The Balaban J connectivity index is 1.33. The maximum absolute atomic E-state index is 12.5. The molecule has 3 nitrogen and oxygen atoms in total. The van der Waals surface area contributed by atoms with Crippen molar-refractivity contribution in [3.63, 3.8) is 0 Å². The Hall–Kier alpha value is -0.410. The van der Waals surface area contributed by atoms with Gasteiger partial charge in [0.15, 0.2) is 5.78 Å². The number of hydrogen-bond donors (Lipinski definition) is 0. The van der Waals surface area contributed by atoms with Crippen LogP contribution in [0, 0.1) is 17.8 Å². The van der Waals surface area contributed by atoms with Crippen LogP contribution in [0.2, 0.25) is 0 Å². The number of morpholine rings is 1. The van der Waals surface area contributed by atoms with E-state index in [0.717, 1.165) is 31.4 Å². The fourth-order valence-corrected chi connectivity index (χ4v) is 5.03. The molecule has 4 aliphatic rings. The number of carbonyl (C=O) groups is 1. The van der Waals surface area contributed by atoms with Crippen molar-refractivity contribution in [1.29, 1.82) is 0 Å². The molecule has 19 heavy (non-hydrogen) atoms. The van der Waals surface area contributed by atoms with Crippen LogP contribution in [0.3, 0.4) is 0 Å². The van der Waals surface area contributed by atoms with E-state index in [1.54, 1.807) is 0 Å². The highest BCUT2D eigenvalue weighted by Crippen LogP contribution is 2.49. The van der Waals surface area contributed by atoms with Crippen molar-refractivity contribution in [2.45, 2.75) is 57.1 Å². The fraction of sp³-hybridized carbons (Fsp3) is 0.938. The Morgan fingerprint density at radius 1 is 1.21 bits per heavy atom. The Morgan fingerprint density at radius 2 is 2.16 bits per heavy atom. The molecule has 0 aromatic rings. The molecule has 0 aromatic heterocycles. The summed E-state index contributed by atoms with van der Waals surface area (Å²) in [6.45, 7) is 2.82. The van der Waals surface area contributed by atoms with Gasteiger partial charge >= 0.3 is 0 Å². The summed E-state index contributed by atoms with van der Waals surface area (Å²) in [5.74, 6) is 2.88. The van der Waals surface area contributed by atoms with Crippen LogP contribution in [0.15, 0.2) is 0 Å². The third kappa shape index (κ3) is 2.25. The first kappa shape index (κ1) is 12.3. The first-order valence-corrected chi connectivity index (χ1v) is 8.18. The highest BCUT2D eigenvalue weighted by molar-refractivity contribution is 5.83. The van der Waals surface area contributed by atoms with Gasteiger partial charge in [-0.25, -0.2) is 0 Å². The lowest BCUT2D eigenvalue weighted by Crippen LogP contribution is -2.49. The van der Waals surface area contributed by atoms with E-state index >= 15 is 0 Å². The van der Waals surface area contributed by atoms with Gasteiger partial charge in [0.2, 0.25) is 0 Å². The second-order valence-electron chi connectivity index (χ2n) is 7.22. The third-order valence-electron chi connectivity index (χ3n) is 6.10. The zero-order valence-corrected chi connectivity index (χ0v) is 11.7. The van der Waals surface area contributed by atoms with Gasteiger partial charge in [-0.15, -0.1) is 0 Å². The van der Waals surface area contributed by atoms with E-state index in [9.17, 15) is 4.79 Å². The van der Waals surface area contributed by atoms with E-state index in [1.165, 1.54) is 45.1 Å². The van der Waals surface area contributed by atoms with Crippen molar-refractivity contribution < 1.29 is 9.53 Å². The minimum atomic E-state index is -0.117. The Morgan fingerprint density at radius 3 is 2.95 bits per heavy atom. The molecular formula is C16H25NO2. The molecule has 0 N–H and O–H groups in total. The Kier molecular flexibility index (Phi) is 3.15. The number of Topliss-reactive ketones (excluding diaryl/α,β-unsaturated/α-hetero) is 1. The molecule has 0 amide bonds. The summed E-state index contributed by atoms with van der Waals surface area (Å²) in [5, 5.41) is 0. The molecule has 106 valence electrons. The molecule has 2 aliphatic heterocycles. The average molecular weight is 263 g/mol. The van der Waals surface area contributed by atoms with E-state index in [2.05, 4.69) is 4.90 Å². The maximum atomic E-state index is 12.5. The van der Waals surface area contributed by atoms with Crippen LogP contribution < -0.4 is 0 Å². The van der Waals surface area contributed by atoms with E-state index in [4.69, 9.17) is 4.74 Å². The molecule has 2 aliphatic carbocycles. The molecule has 2 heterocycles. The summed E-state index contributed by atoms with van der Waals surface area (Å²) >= 11 is 0. The molecule has 5 unspecified atom stereocenters. The third-order valence-corrected chi connectivity index (χ3v) is 6.10. The number of rotatable bonds is 3. The smallest absolute Gasteiger partial charge is 0.163 e. The summed E-state index contributed by atoms with van der Waals surface area (Å²) in [7, 11) is 0. The van der Waals surface area contributed by atoms with Gasteiger partial charge in [0.05, 0.1) is 6.61 Å². The molecule has 4 fully saturated rings. The standard InChI is InChI=1S/C16H25NO2/c18-15(8-13-7-11-3-4-12(13)6-11)16-9-17-5-1-2-14(17)10-19-16/h11-14,16H,1-10H2. The Bertz CT molecular complexity index is 370. The quantitative estimate of drug-likeness (QED) is 0.782. The topological polar surface area (TPSA) is 29.5 Å². The molecule has 3 heteroatoms. The SMILES string of the molecule is O=C(CC1CC2CCC1C2)C1CN2CCCC2CO1. The second-order valence-corrected chi connectivity index (χ2v) is 7.22. The minimum Gasteiger partial charge on any atom is -0.367 e. The van der Waals surface area contributed by atoms with Gasteiger partial charge in [-0.1, -0.05) is 6.42 Å². The van der Waals surface area contributed by atoms with E-state index in [1.807, 2.05) is 0 Å². The minimum absolute atomic E-state index is 0.117. The number of ether oxygens (including phenoxy) is 1. The lowest BCUT2D eigenvalue weighted by molar-refractivity contribution is -0.139. The maximum Gasteiger partial charge on any atom is 0.163 e. The van der Waals surface area contributed by atoms with Gasteiger partial charge in [-0.05, 0) is 56.4 Å². The van der Waals surface area contributed by atoms with Crippen LogP contribution in [0.25, 0.3) is 0 Å². The van der Waals surface area contributed by atoms with Crippen molar-refractivity contribution in [3.05, 3.63) is 0 Å². The molecule has 0 spiro atoms. The normalized spacial score (nSPS) is 45.6. The molecular weight excluding hydrogens is 238 g/mol. The number of nitrogens with zero attached hydrogens (tertiary/aromatic N) is 1. The average Bonchev–Trinajstić information content (AvgIpc) is 3.13. The summed E-state index contributed by atoms with van der Waals surface area (Å²) in [6.07, 6.45) is 8.73. The van der Waals surface area contributed by atoms with Crippen molar-refractivity contribution in [2.24, 2.45) is 17.8 Å². The lowest BCUT2D eigenvalue weighted by Gasteiger charge is -2.35. The van der Waals surface area contributed by atoms with Gasteiger partial charge in [-0.3, -0.25) is 9.69 Å². The predicted molar refractivity (Wildman–Crippen MR) is 72.9 cm³/mol. The molecule has 2 saturated carbocycles. The number of hydrogen-bond acceptors (Lipinski definition) is 3. The molecule has 2 saturated heterocycles. The van der Waals surface area contributed by atoms with E-state index < -0.39 is 0 Å². The van der Waals surface area contributed by atoms with Crippen LogP contribution in [0.5, 0.6) is 0 Å². The molecule has 0 radical (unpaired) electrons. The van der Waals surface area contributed by atoms with Crippen LogP contribution >= 0.6 is 0 Å². The summed E-state index contributed by atoms with van der Waals surface area (Å²) in [5.41, 5.74) is 0. The van der Waals surface area contributed by atoms with Crippen molar-refractivity contribution in [3.8, 4) is 0 Å². The molecule has 0 aromatic carbocycles. The first-order valence-electron chi connectivity index (χ1n) is 8.18. The zero-order chi connectivity index (χ0) is 12.8. The Labute approximate surface area is 115 Å². The highest BCUT2D eigenvalue weighted by Gasteiger charge is 2.42. The monoisotopic (exact) mass is 263 g/mol. The summed E-state index contributed by atoms with van der Waals surface area (Å²) < 4.78 is 5.85. The summed E-state index contributed by atoms with van der Waals surface area (Å²) in [4.78, 5) is 14.9. The van der Waals surface area contributed by atoms with Crippen molar-refractivity contribution >= 4 is 5.78 Å². The van der Waals surface area contributed by atoms with Crippen molar-refractivity contribution in [2.75, 3.05) is 19.7 Å². The number of ketones is 1. The van der Waals surface area contributed by atoms with Crippen molar-refractivity contribution in [1.82, 2.24) is 4.90 Å². The largest absolute Gasteiger partial charge is 0.367 e. The van der Waals surface area contributed by atoms with Gasteiger partial charge < -0.3 is 4.74 Å². The fourth-order valence-electron chi connectivity index (χ4n) is 5.03. The highest BCUT2D eigenvalue weighted by atomic mass is 16.5. The van der Waals surface area contributed by atoms with Gasteiger partial charge in [0.1, 0.15) is 6.10 Å². The predicted octanol–water partition coefficient (Wildman–Crippen LogP) is 2.25. The van der Waals surface area contributed by atoms with Crippen LogP contribution in [0.4, 0.5) is 0 Å². The lowest BCUT2D eigenvalue weighted by atomic mass is 9.84. The van der Waals surface area contributed by atoms with Crippen LogP contribution in [0.1, 0.15) is 44.9 Å². The molecule has 5 atom stereocenters. The van der Waals surface area contributed by atoms with Crippen LogP contribution in [-0.2, 0) is 9.53 Å². The summed E-state index contributed by atoms with van der Waals surface area (Å²) in [6, 6.07) is 0.603. The number of carbonyl (C=O) groups excluding carboxylic acids is 1. The number of fused-ring (bicyclic) bond motifs is 3. The second kappa shape index (κ2) is 4.85. The van der Waals surface area contributed by atoms with Gasteiger partial charge in [0, 0.05) is 19.0 Å². The van der Waals surface area contributed by atoms with Gasteiger partial charge in [0.25, 0.3) is 0 Å². The van der Waals surface area contributed by atoms with E-state index in [0.29, 0.717) is 17.7 Å². The first-order chi connectivity index (χ1) is 9.29. The molecule has 2 bridgehead atoms. The zero-order valence-electron chi connectivity index (χ0n) is 11.7.